The third-order valence-electron chi connectivity index (χ3n) is 7.83. The van der Waals surface area contributed by atoms with Gasteiger partial charge in [-0.25, -0.2) is 0 Å². The van der Waals surface area contributed by atoms with Crippen molar-refractivity contribution in [3.05, 3.63) is 57.6 Å². The first-order chi connectivity index (χ1) is 19.0. The van der Waals surface area contributed by atoms with Crippen molar-refractivity contribution in [1.82, 2.24) is 0 Å². The highest BCUT2D eigenvalue weighted by molar-refractivity contribution is 5.86. The standard InChI is InChI=1S/C35H52N2O4/c1-33(2,3)26-18-25(32(40)28(19-26)35(7,8)9)21-37-30-13-11-10-12-29(30)36-20-24-16-23(22-41-15-14-38)17-27(31(24)39)34(4,5)6/h16-21,29-30,38-40H,10-15,22H2,1-9H3/t29?,30-/m1/s1. The number of aromatic hydroxyl groups is 2. The van der Waals surface area contributed by atoms with Crippen LogP contribution in [0.4, 0.5) is 0 Å². The van der Waals surface area contributed by atoms with Crippen molar-refractivity contribution in [2.24, 2.45) is 9.98 Å². The molecule has 226 valence electrons. The Morgan fingerprint density at radius 3 is 1.68 bits per heavy atom. The van der Waals surface area contributed by atoms with Gasteiger partial charge in [0.05, 0.1) is 31.9 Å². The topological polar surface area (TPSA) is 94.6 Å². The molecule has 1 aliphatic carbocycles. The molecule has 6 nitrogen and oxygen atoms in total. The van der Waals surface area contributed by atoms with Crippen molar-refractivity contribution in [3.8, 4) is 11.5 Å². The molecule has 0 aromatic heterocycles. The Morgan fingerprint density at radius 1 is 0.732 bits per heavy atom. The summed E-state index contributed by atoms with van der Waals surface area (Å²) in [6.45, 7) is 19.7. The molecular weight excluding hydrogens is 512 g/mol. The number of hydrogen-bond donors (Lipinski definition) is 3. The van der Waals surface area contributed by atoms with E-state index in [1.807, 2.05) is 18.3 Å². The molecular formula is C35H52N2O4. The fourth-order valence-electron chi connectivity index (χ4n) is 5.28. The fourth-order valence-corrected chi connectivity index (χ4v) is 5.28. The summed E-state index contributed by atoms with van der Waals surface area (Å²) in [5, 5.41) is 31.5. The summed E-state index contributed by atoms with van der Waals surface area (Å²) in [5.41, 5.74) is 4.78. The monoisotopic (exact) mass is 564 g/mol. The quantitative estimate of drug-likeness (QED) is 0.231. The Hall–Kier alpha value is -2.70. The predicted molar refractivity (Wildman–Crippen MR) is 170 cm³/mol. The number of nitrogens with zero attached hydrogens (tertiary/aromatic N) is 2. The number of rotatable bonds is 8. The normalized spacial score (nSPS) is 19.0. The summed E-state index contributed by atoms with van der Waals surface area (Å²) in [4.78, 5) is 9.96. The largest absolute Gasteiger partial charge is 0.507 e. The van der Waals surface area contributed by atoms with Crippen LogP contribution in [0.25, 0.3) is 0 Å². The lowest BCUT2D eigenvalue weighted by Gasteiger charge is -2.28. The number of aliphatic imine (C=N–C) groups is 2. The third kappa shape index (κ3) is 8.65. The Balaban J connectivity index is 1.95. The van der Waals surface area contributed by atoms with Crippen molar-refractivity contribution in [2.45, 2.75) is 123 Å². The molecule has 3 rings (SSSR count). The maximum absolute atomic E-state index is 11.2. The minimum atomic E-state index is -0.257. The van der Waals surface area contributed by atoms with E-state index in [1.165, 1.54) is 5.56 Å². The molecule has 0 heterocycles. The van der Waals surface area contributed by atoms with Gasteiger partial charge in [-0.2, -0.15) is 0 Å². The first-order valence-corrected chi connectivity index (χ1v) is 15.0. The summed E-state index contributed by atoms with van der Waals surface area (Å²) < 4.78 is 5.57. The molecule has 1 unspecified atom stereocenters. The average molecular weight is 565 g/mol. The van der Waals surface area contributed by atoms with E-state index in [4.69, 9.17) is 19.8 Å². The number of aliphatic hydroxyl groups excluding tert-OH is 1. The van der Waals surface area contributed by atoms with Crippen LogP contribution in [-0.2, 0) is 27.6 Å². The van der Waals surface area contributed by atoms with E-state index in [9.17, 15) is 10.2 Å². The highest BCUT2D eigenvalue weighted by Gasteiger charge is 2.27. The van der Waals surface area contributed by atoms with Crippen LogP contribution in [0.5, 0.6) is 11.5 Å². The summed E-state index contributed by atoms with van der Waals surface area (Å²) >= 11 is 0. The van der Waals surface area contributed by atoms with Gasteiger partial charge in [-0.05, 0) is 58.4 Å². The molecule has 0 aliphatic heterocycles. The van der Waals surface area contributed by atoms with Crippen LogP contribution in [0.15, 0.2) is 34.3 Å². The van der Waals surface area contributed by atoms with E-state index in [2.05, 4.69) is 74.4 Å². The van der Waals surface area contributed by atoms with Crippen LogP contribution in [-0.4, -0.2) is 53.0 Å². The molecule has 2 aromatic carbocycles. The van der Waals surface area contributed by atoms with Gasteiger partial charge >= 0.3 is 0 Å². The van der Waals surface area contributed by atoms with Crippen molar-refractivity contribution in [3.63, 3.8) is 0 Å². The molecule has 3 N–H and O–H groups in total. The number of phenols is 2. The van der Waals surface area contributed by atoms with Gasteiger partial charge in [0.1, 0.15) is 11.5 Å². The van der Waals surface area contributed by atoms with Crippen LogP contribution < -0.4 is 0 Å². The second-order valence-electron chi connectivity index (χ2n) is 14.5. The minimum Gasteiger partial charge on any atom is -0.507 e. The van der Waals surface area contributed by atoms with Crippen LogP contribution in [0, 0.1) is 0 Å². The second kappa shape index (κ2) is 13.1. The number of hydrogen-bond acceptors (Lipinski definition) is 6. The lowest BCUT2D eigenvalue weighted by atomic mass is 9.79. The number of aliphatic hydroxyl groups is 1. The van der Waals surface area contributed by atoms with Gasteiger partial charge in [0.2, 0.25) is 0 Å². The predicted octanol–water partition coefficient (Wildman–Crippen LogP) is 7.35. The summed E-state index contributed by atoms with van der Waals surface area (Å²) in [6.07, 6.45) is 7.65. The molecule has 2 aromatic rings. The highest BCUT2D eigenvalue weighted by atomic mass is 16.5. The number of phenolic OH excluding ortho intramolecular Hbond substituents is 2. The number of benzene rings is 2. The van der Waals surface area contributed by atoms with E-state index in [-0.39, 0.29) is 47.3 Å². The first kappa shape index (κ1) is 32.8. The molecule has 0 spiro atoms. The molecule has 0 bridgehead atoms. The molecule has 1 saturated carbocycles. The molecule has 1 aliphatic rings. The molecule has 0 amide bonds. The zero-order valence-corrected chi connectivity index (χ0v) is 26.7. The van der Waals surface area contributed by atoms with Crippen LogP contribution in [0.1, 0.15) is 121 Å². The van der Waals surface area contributed by atoms with Gasteiger partial charge in [0, 0.05) is 34.7 Å². The lowest BCUT2D eigenvalue weighted by molar-refractivity contribution is 0.0814. The van der Waals surface area contributed by atoms with Crippen molar-refractivity contribution < 1.29 is 20.1 Å². The van der Waals surface area contributed by atoms with Gasteiger partial charge in [-0.15, -0.1) is 0 Å². The smallest absolute Gasteiger partial charge is 0.128 e. The maximum atomic E-state index is 11.2. The molecule has 2 atom stereocenters. The van der Waals surface area contributed by atoms with Gasteiger partial charge < -0.3 is 20.1 Å². The molecule has 0 radical (unpaired) electrons. The molecule has 6 heteroatoms. The van der Waals surface area contributed by atoms with Crippen molar-refractivity contribution >= 4 is 12.4 Å². The van der Waals surface area contributed by atoms with Gasteiger partial charge in [-0.3, -0.25) is 9.98 Å². The Morgan fingerprint density at radius 2 is 1.22 bits per heavy atom. The second-order valence-corrected chi connectivity index (χ2v) is 14.5. The zero-order chi connectivity index (χ0) is 30.6. The third-order valence-corrected chi connectivity index (χ3v) is 7.83. The molecule has 0 saturated heterocycles. The fraction of sp³-hybridized carbons (Fsp3) is 0.600. The summed E-state index contributed by atoms with van der Waals surface area (Å²) in [6, 6.07) is 8.06. The Labute approximate surface area is 247 Å². The van der Waals surface area contributed by atoms with Gasteiger partial charge in [0.25, 0.3) is 0 Å². The average Bonchev–Trinajstić information content (AvgIpc) is 2.86. The van der Waals surface area contributed by atoms with Gasteiger partial charge in [-0.1, -0.05) is 81.2 Å². The van der Waals surface area contributed by atoms with E-state index in [1.54, 1.807) is 6.21 Å². The molecule has 1 fully saturated rings. The maximum Gasteiger partial charge on any atom is 0.128 e. The van der Waals surface area contributed by atoms with E-state index in [0.29, 0.717) is 17.9 Å². The zero-order valence-electron chi connectivity index (χ0n) is 26.7. The van der Waals surface area contributed by atoms with E-state index >= 15 is 0 Å². The SMILES string of the molecule is CC(C)(C)c1cc(C=N[C@@H]2CCCCC2N=Cc2cc(COCCO)cc(C(C)(C)C)c2O)c(O)c(C(C)(C)C)c1. The van der Waals surface area contributed by atoms with E-state index < -0.39 is 0 Å². The highest BCUT2D eigenvalue weighted by Crippen LogP contribution is 2.38. The number of ether oxygens (including phenoxy) is 1. The van der Waals surface area contributed by atoms with Crippen LogP contribution in [0.2, 0.25) is 0 Å². The van der Waals surface area contributed by atoms with Crippen molar-refractivity contribution in [2.75, 3.05) is 13.2 Å². The van der Waals surface area contributed by atoms with Crippen LogP contribution >= 0.6 is 0 Å². The van der Waals surface area contributed by atoms with Crippen molar-refractivity contribution in [1.29, 1.82) is 0 Å². The lowest BCUT2D eigenvalue weighted by Crippen LogP contribution is -2.27. The summed E-state index contributed by atoms with van der Waals surface area (Å²) in [5.74, 6) is 0.534. The van der Waals surface area contributed by atoms with Gasteiger partial charge in [0.15, 0.2) is 0 Å². The van der Waals surface area contributed by atoms with Crippen LogP contribution in [0.3, 0.4) is 0 Å². The molecule has 41 heavy (non-hydrogen) atoms. The summed E-state index contributed by atoms with van der Waals surface area (Å²) in [7, 11) is 0. The Bertz CT molecular complexity index is 1240. The first-order valence-electron chi connectivity index (χ1n) is 15.0. The van der Waals surface area contributed by atoms with E-state index in [0.717, 1.165) is 47.9 Å². The minimum absolute atomic E-state index is 0.00363. The Kier molecular flexibility index (Phi) is 10.5.